The second-order valence-corrected chi connectivity index (χ2v) is 10.2. The van der Waals surface area contributed by atoms with Gasteiger partial charge in [0.25, 0.3) is 0 Å². The maximum Gasteiger partial charge on any atom is 0.0544 e. The Morgan fingerprint density at radius 1 is 1.27 bits per heavy atom. The average Bonchev–Trinajstić information content (AvgIpc) is 2.05. The second-order valence-electron chi connectivity index (χ2n) is 5.05. The van der Waals surface area contributed by atoms with Crippen molar-refractivity contribution in [3.8, 4) is 0 Å². The molecule has 0 aromatic carbocycles. The average molecular weight is 172 g/mol. The summed E-state index contributed by atoms with van der Waals surface area (Å²) < 4.78 is 0. The molecule has 1 heterocycles. The highest BCUT2D eigenvalue weighted by Crippen LogP contribution is 2.38. The normalized spacial score (nSPS) is 36.5. The maximum atomic E-state index is 9.73. The molecule has 1 fully saturated rings. The fraction of sp³-hybridized carbons (Fsp3) is 1.00. The molecule has 1 N–H and O–H groups in total. The summed E-state index contributed by atoms with van der Waals surface area (Å²) in [6.07, 6.45) is 0.0108. The van der Waals surface area contributed by atoms with Crippen molar-refractivity contribution in [1.82, 2.24) is 0 Å². The first-order valence-corrected chi connectivity index (χ1v) is 8.02. The van der Waals surface area contributed by atoms with Gasteiger partial charge in [0, 0.05) is 0 Å². The van der Waals surface area contributed by atoms with Crippen LogP contribution in [-0.4, -0.2) is 19.3 Å². The second kappa shape index (κ2) is 2.90. The van der Waals surface area contributed by atoms with Gasteiger partial charge in [0.1, 0.15) is 0 Å². The summed E-state index contributed by atoms with van der Waals surface area (Å²) in [7, 11) is -0.979. The highest BCUT2D eigenvalue weighted by molar-refractivity contribution is 6.78. The Bertz CT molecular complexity index is 142. The largest absolute Gasteiger partial charge is 0.393 e. The Kier molecular flexibility index (Phi) is 2.45. The van der Waals surface area contributed by atoms with Crippen molar-refractivity contribution in [2.75, 3.05) is 0 Å². The fourth-order valence-corrected chi connectivity index (χ4v) is 5.88. The molecule has 1 aliphatic rings. The quantitative estimate of drug-likeness (QED) is 0.602. The Hall–Kier alpha value is 0.177. The number of rotatable bonds is 1. The molecule has 0 spiro atoms. The molecule has 0 amide bonds. The lowest BCUT2D eigenvalue weighted by Gasteiger charge is -2.18. The molecule has 0 aromatic heterocycles. The van der Waals surface area contributed by atoms with E-state index in [-0.39, 0.29) is 6.10 Å². The number of hydrogen-bond donors (Lipinski definition) is 1. The molecule has 0 bridgehead atoms. The van der Waals surface area contributed by atoms with Crippen LogP contribution in [-0.2, 0) is 0 Å². The van der Waals surface area contributed by atoms with Crippen LogP contribution in [0.2, 0.25) is 25.2 Å². The highest BCUT2D eigenvalue weighted by atomic mass is 28.3. The Morgan fingerprint density at radius 2 is 1.82 bits per heavy atom. The van der Waals surface area contributed by atoms with Gasteiger partial charge in [0.2, 0.25) is 0 Å². The molecule has 0 aromatic rings. The predicted octanol–water partition coefficient (Wildman–Crippen LogP) is 2.34. The topological polar surface area (TPSA) is 20.2 Å². The molecule has 1 saturated heterocycles. The molecule has 0 radical (unpaired) electrons. The van der Waals surface area contributed by atoms with Crippen LogP contribution in [0.4, 0.5) is 0 Å². The van der Waals surface area contributed by atoms with Crippen LogP contribution in [0.15, 0.2) is 0 Å². The molecule has 1 nitrogen and oxygen atoms in total. The summed E-state index contributed by atoms with van der Waals surface area (Å²) in [5, 5.41) is 9.73. The first-order valence-electron chi connectivity index (χ1n) is 4.60. The molecule has 0 aliphatic carbocycles. The van der Waals surface area contributed by atoms with Gasteiger partial charge in [-0.05, 0) is 17.9 Å². The van der Waals surface area contributed by atoms with E-state index in [1.807, 2.05) is 0 Å². The van der Waals surface area contributed by atoms with Crippen molar-refractivity contribution in [3.05, 3.63) is 0 Å². The van der Waals surface area contributed by atoms with Gasteiger partial charge < -0.3 is 5.11 Å². The first kappa shape index (κ1) is 9.27. The van der Waals surface area contributed by atoms with Gasteiger partial charge in [0.15, 0.2) is 0 Å². The van der Waals surface area contributed by atoms with Crippen LogP contribution in [0.3, 0.4) is 0 Å². The Labute approximate surface area is 70.8 Å². The summed E-state index contributed by atoms with van der Waals surface area (Å²) in [5.74, 6) is 1.26. The van der Waals surface area contributed by atoms with E-state index in [9.17, 15) is 5.11 Å². The van der Waals surface area contributed by atoms with Gasteiger partial charge in [-0.2, -0.15) is 0 Å². The van der Waals surface area contributed by atoms with Crippen molar-refractivity contribution >= 4 is 8.07 Å². The Balaban J connectivity index is 2.59. The van der Waals surface area contributed by atoms with Crippen LogP contribution >= 0.6 is 0 Å². The minimum absolute atomic E-state index is 0.0108. The van der Waals surface area contributed by atoms with E-state index in [0.717, 1.165) is 6.04 Å². The number of aliphatic hydroxyl groups is 1. The number of aliphatic hydroxyl groups excluding tert-OH is 1. The van der Waals surface area contributed by atoms with Crippen molar-refractivity contribution in [1.29, 1.82) is 0 Å². The molecule has 1 aliphatic heterocycles. The zero-order valence-electron chi connectivity index (χ0n) is 8.09. The predicted molar refractivity (Wildman–Crippen MR) is 51.4 cm³/mol. The number of hydrogen-bond acceptors (Lipinski definition) is 1. The van der Waals surface area contributed by atoms with Crippen molar-refractivity contribution in [2.24, 2.45) is 11.8 Å². The molecule has 0 saturated carbocycles. The van der Waals surface area contributed by atoms with E-state index >= 15 is 0 Å². The van der Waals surface area contributed by atoms with Gasteiger partial charge in [-0.15, -0.1) is 0 Å². The third kappa shape index (κ3) is 2.06. The minimum Gasteiger partial charge on any atom is -0.393 e. The standard InChI is InChI=1S/C9H20OSi/c1-7(2)8-5-11(3,4)6-9(8)10/h7-10H,5-6H2,1-4H3/t8-,9+/m1/s1. The summed E-state index contributed by atoms with van der Waals surface area (Å²) in [5.41, 5.74) is 0. The van der Waals surface area contributed by atoms with Crippen LogP contribution in [0, 0.1) is 11.8 Å². The molecule has 0 unspecified atom stereocenters. The van der Waals surface area contributed by atoms with E-state index in [0.29, 0.717) is 11.8 Å². The van der Waals surface area contributed by atoms with E-state index < -0.39 is 8.07 Å². The third-order valence-corrected chi connectivity index (χ3v) is 6.00. The van der Waals surface area contributed by atoms with Gasteiger partial charge in [-0.1, -0.05) is 33.0 Å². The van der Waals surface area contributed by atoms with Gasteiger partial charge >= 0.3 is 0 Å². The minimum atomic E-state index is -0.979. The summed E-state index contributed by atoms with van der Waals surface area (Å²) in [4.78, 5) is 0. The lowest BCUT2D eigenvalue weighted by Crippen LogP contribution is -2.20. The molecule has 2 heteroatoms. The summed E-state index contributed by atoms with van der Waals surface area (Å²) in [6, 6.07) is 2.45. The zero-order valence-corrected chi connectivity index (χ0v) is 9.09. The molecule has 1 rings (SSSR count). The van der Waals surface area contributed by atoms with Crippen LogP contribution in [0.1, 0.15) is 13.8 Å². The lowest BCUT2D eigenvalue weighted by molar-refractivity contribution is 0.120. The van der Waals surface area contributed by atoms with Crippen LogP contribution in [0.5, 0.6) is 0 Å². The Morgan fingerprint density at radius 3 is 2.00 bits per heavy atom. The fourth-order valence-electron chi connectivity index (χ4n) is 2.25. The third-order valence-electron chi connectivity index (χ3n) is 2.90. The van der Waals surface area contributed by atoms with Crippen molar-refractivity contribution in [3.63, 3.8) is 0 Å². The smallest absolute Gasteiger partial charge is 0.0544 e. The monoisotopic (exact) mass is 172 g/mol. The summed E-state index contributed by atoms with van der Waals surface area (Å²) >= 11 is 0. The molecule has 66 valence electrons. The zero-order chi connectivity index (χ0) is 8.65. The summed E-state index contributed by atoms with van der Waals surface area (Å²) in [6.45, 7) is 9.23. The molecular weight excluding hydrogens is 152 g/mol. The van der Waals surface area contributed by atoms with E-state index in [1.165, 1.54) is 6.04 Å². The van der Waals surface area contributed by atoms with Gasteiger partial charge in [0.05, 0.1) is 14.2 Å². The van der Waals surface area contributed by atoms with E-state index in [1.54, 1.807) is 0 Å². The van der Waals surface area contributed by atoms with E-state index in [4.69, 9.17) is 0 Å². The first-order chi connectivity index (χ1) is 4.92. The van der Waals surface area contributed by atoms with Gasteiger partial charge in [-0.3, -0.25) is 0 Å². The maximum absolute atomic E-state index is 9.73. The lowest BCUT2D eigenvalue weighted by atomic mass is 9.93. The molecular formula is C9H20OSi. The SMILES string of the molecule is CC(C)[C@H]1C[Si](C)(C)C[C@@H]1O. The molecule has 2 atom stereocenters. The van der Waals surface area contributed by atoms with Crippen molar-refractivity contribution < 1.29 is 5.11 Å². The van der Waals surface area contributed by atoms with E-state index in [2.05, 4.69) is 26.9 Å². The van der Waals surface area contributed by atoms with Crippen LogP contribution < -0.4 is 0 Å². The van der Waals surface area contributed by atoms with Crippen molar-refractivity contribution in [2.45, 2.75) is 45.1 Å². The van der Waals surface area contributed by atoms with Crippen LogP contribution in [0.25, 0.3) is 0 Å². The molecule has 11 heavy (non-hydrogen) atoms. The van der Waals surface area contributed by atoms with Gasteiger partial charge in [-0.25, -0.2) is 0 Å². The highest BCUT2D eigenvalue weighted by Gasteiger charge is 2.40.